The number of nitrogens with zero attached hydrogens (tertiary/aromatic N) is 1. The third kappa shape index (κ3) is 3.69. The van der Waals surface area contributed by atoms with E-state index in [2.05, 4.69) is 47.8 Å². The lowest BCUT2D eigenvalue weighted by Gasteiger charge is -2.24. The zero-order chi connectivity index (χ0) is 11.4. The topological polar surface area (TPSA) is 3.24 Å². The molecule has 1 rings (SSSR count). The monoisotopic (exact) mass is 289 g/mol. The van der Waals surface area contributed by atoms with Crippen LogP contribution in [0.25, 0.3) is 0 Å². The lowest BCUT2D eigenvalue weighted by molar-refractivity contribution is 0.637. The van der Waals surface area contributed by atoms with E-state index in [0.29, 0.717) is 5.92 Å². The quantitative estimate of drug-likeness (QED) is 0.746. The van der Waals surface area contributed by atoms with Crippen molar-refractivity contribution >= 4 is 33.2 Å². The molecule has 1 aromatic rings. The third-order valence-corrected chi connectivity index (χ3v) is 3.07. The van der Waals surface area contributed by atoms with Crippen LogP contribution in [-0.4, -0.2) is 13.6 Å². The number of hydrogen-bond donors (Lipinski definition) is 0. The summed E-state index contributed by atoms with van der Waals surface area (Å²) in [5, 5.41) is 1.64. The van der Waals surface area contributed by atoms with Crippen molar-refractivity contribution in [2.45, 2.75) is 19.2 Å². The SMILES string of the molecule is CC(C)CN(C)c1ccc(Cl)cc1CBr. The highest BCUT2D eigenvalue weighted by Crippen LogP contribution is 2.26. The molecule has 15 heavy (non-hydrogen) atoms. The van der Waals surface area contributed by atoms with Crippen LogP contribution in [0.2, 0.25) is 5.02 Å². The first-order chi connectivity index (χ1) is 7.04. The highest BCUT2D eigenvalue weighted by atomic mass is 79.9. The second kappa shape index (κ2) is 5.76. The number of benzene rings is 1. The molecule has 0 N–H and O–H groups in total. The molecule has 0 amide bonds. The van der Waals surface area contributed by atoms with E-state index in [1.165, 1.54) is 11.3 Å². The van der Waals surface area contributed by atoms with Gasteiger partial charge in [-0.2, -0.15) is 0 Å². The van der Waals surface area contributed by atoms with E-state index in [1.54, 1.807) is 0 Å². The summed E-state index contributed by atoms with van der Waals surface area (Å²) in [6.45, 7) is 5.50. The molecule has 84 valence electrons. The molecule has 0 saturated carbocycles. The van der Waals surface area contributed by atoms with Crippen LogP contribution in [0.3, 0.4) is 0 Å². The number of hydrogen-bond acceptors (Lipinski definition) is 1. The average molecular weight is 291 g/mol. The van der Waals surface area contributed by atoms with E-state index in [-0.39, 0.29) is 0 Å². The van der Waals surface area contributed by atoms with Crippen LogP contribution >= 0.6 is 27.5 Å². The van der Waals surface area contributed by atoms with Gasteiger partial charge in [0.15, 0.2) is 0 Å². The Balaban J connectivity index is 2.92. The summed E-state index contributed by atoms with van der Waals surface area (Å²) in [6.07, 6.45) is 0. The van der Waals surface area contributed by atoms with Crippen LogP contribution in [0, 0.1) is 5.92 Å². The molecular weight excluding hydrogens is 273 g/mol. The van der Waals surface area contributed by atoms with Gasteiger partial charge in [0, 0.05) is 29.6 Å². The summed E-state index contributed by atoms with van der Waals surface area (Å²) in [5.74, 6) is 0.661. The van der Waals surface area contributed by atoms with Crippen molar-refractivity contribution < 1.29 is 0 Å². The van der Waals surface area contributed by atoms with E-state index < -0.39 is 0 Å². The molecule has 0 aromatic heterocycles. The molecule has 0 heterocycles. The molecule has 0 atom stereocenters. The molecule has 0 radical (unpaired) electrons. The van der Waals surface area contributed by atoms with Gasteiger partial charge in [-0.1, -0.05) is 41.4 Å². The molecule has 0 aliphatic rings. The van der Waals surface area contributed by atoms with E-state index in [1.807, 2.05) is 12.1 Å². The molecule has 0 unspecified atom stereocenters. The molecule has 1 aromatic carbocycles. The van der Waals surface area contributed by atoms with Gasteiger partial charge in [-0.05, 0) is 29.7 Å². The van der Waals surface area contributed by atoms with Crippen molar-refractivity contribution in [1.29, 1.82) is 0 Å². The maximum Gasteiger partial charge on any atom is 0.0410 e. The third-order valence-electron chi connectivity index (χ3n) is 2.24. The van der Waals surface area contributed by atoms with Gasteiger partial charge in [-0.3, -0.25) is 0 Å². The Bertz CT molecular complexity index is 325. The lowest BCUT2D eigenvalue weighted by atomic mass is 10.1. The Kier molecular flexibility index (Phi) is 4.94. The standard InChI is InChI=1S/C12H17BrClN/c1-9(2)8-15(3)12-5-4-11(14)6-10(12)7-13/h4-6,9H,7-8H2,1-3H3. The molecular formula is C12H17BrClN. The molecule has 0 aliphatic carbocycles. The van der Waals surface area contributed by atoms with E-state index in [0.717, 1.165) is 16.9 Å². The van der Waals surface area contributed by atoms with Gasteiger partial charge in [0.25, 0.3) is 0 Å². The van der Waals surface area contributed by atoms with Crippen LogP contribution in [0.4, 0.5) is 5.69 Å². The van der Waals surface area contributed by atoms with Crippen LogP contribution in [0.5, 0.6) is 0 Å². The van der Waals surface area contributed by atoms with Gasteiger partial charge >= 0.3 is 0 Å². The lowest BCUT2D eigenvalue weighted by Crippen LogP contribution is -2.23. The number of rotatable bonds is 4. The minimum absolute atomic E-state index is 0.661. The van der Waals surface area contributed by atoms with Gasteiger partial charge in [-0.25, -0.2) is 0 Å². The largest absolute Gasteiger partial charge is 0.374 e. The Hall–Kier alpha value is -0.210. The van der Waals surface area contributed by atoms with E-state index >= 15 is 0 Å². The van der Waals surface area contributed by atoms with Crippen molar-refractivity contribution in [2.24, 2.45) is 5.92 Å². The van der Waals surface area contributed by atoms with Gasteiger partial charge in [0.05, 0.1) is 0 Å². The summed E-state index contributed by atoms with van der Waals surface area (Å²) >= 11 is 9.46. The van der Waals surface area contributed by atoms with Crippen LogP contribution < -0.4 is 4.90 Å². The molecule has 0 spiro atoms. The highest BCUT2D eigenvalue weighted by molar-refractivity contribution is 9.08. The predicted octanol–water partition coefficient (Wildman–Crippen LogP) is 4.33. The van der Waals surface area contributed by atoms with Gasteiger partial charge in [-0.15, -0.1) is 0 Å². The van der Waals surface area contributed by atoms with Crippen LogP contribution in [-0.2, 0) is 5.33 Å². The van der Waals surface area contributed by atoms with Crippen molar-refractivity contribution in [3.8, 4) is 0 Å². The number of alkyl halides is 1. The predicted molar refractivity (Wildman–Crippen MR) is 72.2 cm³/mol. The van der Waals surface area contributed by atoms with E-state index in [4.69, 9.17) is 11.6 Å². The van der Waals surface area contributed by atoms with Gasteiger partial charge in [0.1, 0.15) is 0 Å². The minimum atomic E-state index is 0.661. The molecule has 0 aliphatic heterocycles. The average Bonchev–Trinajstić information content (AvgIpc) is 2.16. The maximum atomic E-state index is 5.97. The summed E-state index contributed by atoms with van der Waals surface area (Å²) in [4.78, 5) is 2.28. The first-order valence-corrected chi connectivity index (χ1v) is 6.60. The highest BCUT2D eigenvalue weighted by Gasteiger charge is 2.08. The second-order valence-corrected chi connectivity index (χ2v) is 5.18. The van der Waals surface area contributed by atoms with Crippen LogP contribution in [0.1, 0.15) is 19.4 Å². The number of anilines is 1. The smallest absolute Gasteiger partial charge is 0.0410 e. The van der Waals surface area contributed by atoms with E-state index in [9.17, 15) is 0 Å². The zero-order valence-corrected chi connectivity index (χ0v) is 11.8. The maximum absolute atomic E-state index is 5.97. The van der Waals surface area contributed by atoms with Crippen molar-refractivity contribution in [2.75, 3.05) is 18.5 Å². The molecule has 0 fully saturated rings. The normalized spacial score (nSPS) is 10.8. The van der Waals surface area contributed by atoms with Crippen molar-refractivity contribution in [1.82, 2.24) is 0 Å². The molecule has 0 bridgehead atoms. The zero-order valence-electron chi connectivity index (χ0n) is 9.43. The van der Waals surface area contributed by atoms with Crippen molar-refractivity contribution in [3.05, 3.63) is 28.8 Å². The summed E-state index contributed by atoms with van der Waals surface area (Å²) in [7, 11) is 2.12. The first-order valence-electron chi connectivity index (χ1n) is 5.10. The molecule has 0 saturated heterocycles. The fraction of sp³-hybridized carbons (Fsp3) is 0.500. The minimum Gasteiger partial charge on any atom is -0.374 e. The summed E-state index contributed by atoms with van der Waals surface area (Å²) < 4.78 is 0. The second-order valence-electron chi connectivity index (χ2n) is 4.18. The Morgan fingerprint density at radius 2 is 2.07 bits per heavy atom. The Labute approximate surface area is 106 Å². The number of halogens is 2. The van der Waals surface area contributed by atoms with Crippen LogP contribution in [0.15, 0.2) is 18.2 Å². The summed E-state index contributed by atoms with van der Waals surface area (Å²) in [6, 6.07) is 6.05. The van der Waals surface area contributed by atoms with Gasteiger partial charge in [0.2, 0.25) is 0 Å². The van der Waals surface area contributed by atoms with Crippen molar-refractivity contribution in [3.63, 3.8) is 0 Å². The Morgan fingerprint density at radius 3 is 2.60 bits per heavy atom. The first kappa shape index (κ1) is 12.9. The fourth-order valence-electron chi connectivity index (χ4n) is 1.68. The summed E-state index contributed by atoms with van der Waals surface area (Å²) in [5.41, 5.74) is 2.50. The van der Waals surface area contributed by atoms with Gasteiger partial charge < -0.3 is 4.90 Å². The molecule has 3 heteroatoms. The molecule has 1 nitrogen and oxygen atoms in total. The fourth-order valence-corrected chi connectivity index (χ4v) is 2.32. The Morgan fingerprint density at radius 1 is 1.40 bits per heavy atom.